The van der Waals surface area contributed by atoms with Crippen LogP contribution in [0.3, 0.4) is 0 Å². The number of hydrogen-bond donors (Lipinski definition) is 0. The molecule has 5 aliphatic rings. The van der Waals surface area contributed by atoms with Crippen LogP contribution < -0.4 is 0 Å². The lowest BCUT2D eigenvalue weighted by molar-refractivity contribution is -0.127. The van der Waals surface area contributed by atoms with Gasteiger partial charge in [0.2, 0.25) is 0 Å². The highest BCUT2D eigenvalue weighted by atomic mass is 127. The molecule has 2 bridgehead atoms. The lowest BCUT2D eigenvalue weighted by Gasteiger charge is -2.63. The molecule has 0 heterocycles. The largest absolute Gasteiger partial charge is 0.534 e. The molecule has 0 aromatic rings. The fourth-order valence-corrected chi connectivity index (χ4v) is 8.26. The zero-order valence-corrected chi connectivity index (χ0v) is 21.8. The maximum Gasteiger partial charge on any atom is 0.534 e. The van der Waals surface area contributed by atoms with E-state index < -0.39 is 21.4 Å². The number of hydrogen-bond acceptors (Lipinski definition) is 4. The number of allylic oxidation sites excluding steroid dienone is 6. The highest BCUT2D eigenvalue weighted by molar-refractivity contribution is 14.1. The molecule has 5 aliphatic carbocycles. The van der Waals surface area contributed by atoms with E-state index in [1.165, 1.54) is 0 Å². The van der Waals surface area contributed by atoms with Gasteiger partial charge < -0.3 is 7.25 Å². The van der Waals surface area contributed by atoms with E-state index in [-0.39, 0.29) is 23.2 Å². The molecule has 3 fully saturated rings. The Morgan fingerprint density at radius 1 is 0.941 bits per heavy atom. The van der Waals surface area contributed by atoms with Gasteiger partial charge in [0.15, 0.2) is 23.0 Å². The molecule has 0 radical (unpaired) electrons. The van der Waals surface area contributed by atoms with Crippen LogP contribution in [-0.4, -0.2) is 13.9 Å². The fraction of sp³-hybridized carbons (Fsp3) is 0.520. The molecule has 0 aliphatic heterocycles. The zero-order valence-electron chi connectivity index (χ0n) is 18.8. The second kappa shape index (κ2) is 7.51. The molecule has 5 rings (SSSR count). The van der Waals surface area contributed by atoms with E-state index in [0.29, 0.717) is 28.7 Å². The minimum atomic E-state index is -5.81. The summed E-state index contributed by atoms with van der Waals surface area (Å²) < 4.78 is 72.5. The van der Waals surface area contributed by atoms with Gasteiger partial charge in [-0.1, -0.05) is 33.2 Å². The van der Waals surface area contributed by atoms with Crippen LogP contribution >= 0.6 is 23.0 Å². The van der Waals surface area contributed by atoms with E-state index in [1.807, 2.05) is 23.0 Å². The van der Waals surface area contributed by atoms with Gasteiger partial charge in [-0.05, 0) is 89.4 Å². The van der Waals surface area contributed by atoms with E-state index in [2.05, 4.69) is 37.4 Å². The monoisotopic (exact) mass is 606 g/mol. The Morgan fingerprint density at radius 3 is 2.00 bits per heavy atom. The molecule has 6 unspecified atom stereocenters. The first-order chi connectivity index (χ1) is 15.7. The lowest BCUT2D eigenvalue weighted by Crippen LogP contribution is -2.56. The van der Waals surface area contributed by atoms with Crippen LogP contribution in [0.25, 0.3) is 0 Å². The van der Waals surface area contributed by atoms with Gasteiger partial charge in [-0.25, -0.2) is 0 Å². The van der Waals surface area contributed by atoms with Crippen LogP contribution in [0.15, 0.2) is 71.3 Å². The van der Waals surface area contributed by atoms with Gasteiger partial charge in [0.05, 0.1) is 0 Å². The minimum absolute atomic E-state index is 0.0830. The van der Waals surface area contributed by atoms with Crippen molar-refractivity contribution in [2.24, 2.45) is 35.0 Å². The van der Waals surface area contributed by atoms with E-state index in [9.17, 15) is 21.6 Å². The predicted octanol–water partition coefficient (Wildman–Crippen LogP) is 7.06. The second-order valence-corrected chi connectivity index (χ2v) is 12.5. The Hall–Kier alpha value is -1.49. The summed E-state index contributed by atoms with van der Waals surface area (Å²) in [4.78, 5) is 0. The van der Waals surface area contributed by atoms with E-state index in [0.717, 1.165) is 54.4 Å². The Morgan fingerprint density at radius 2 is 1.47 bits per heavy atom. The smallest absolute Gasteiger partial charge is 0.428 e. The van der Waals surface area contributed by atoms with Crippen LogP contribution in [0, 0.1) is 35.0 Å². The van der Waals surface area contributed by atoms with Crippen molar-refractivity contribution >= 4 is 33.1 Å². The normalized spacial score (nSPS) is 35.5. The van der Waals surface area contributed by atoms with Crippen LogP contribution in [0.4, 0.5) is 13.2 Å². The third kappa shape index (κ3) is 3.17. The average Bonchev–Trinajstić information content (AvgIpc) is 3.37. The number of rotatable bonds is 8. The first-order valence-corrected chi connectivity index (χ1v) is 13.6. The molecule has 6 atom stereocenters. The molecule has 0 aromatic heterocycles. The van der Waals surface area contributed by atoms with Crippen molar-refractivity contribution in [3.63, 3.8) is 0 Å². The number of fused-ring (bicyclic) bond motifs is 2. The van der Waals surface area contributed by atoms with Crippen LogP contribution in [0.5, 0.6) is 0 Å². The summed E-state index contributed by atoms with van der Waals surface area (Å²) in [5.74, 6) is 1.04. The Labute approximate surface area is 212 Å². The number of alkyl halides is 3. The van der Waals surface area contributed by atoms with Crippen molar-refractivity contribution in [1.29, 1.82) is 0 Å². The molecule has 4 nitrogen and oxygen atoms in total. The molecule has 184 valence electrons. The van der Waals surface area contributed by atoms with Crippen LogP contribution in [0.1, 0.15) is 39.0 Å². The van der Waals surface area contributed by atoms with Gasteiger partial charge in [0, 0.05) is 11.1 Å². The summed E-state index contributed by atoms with van der Waals surface area (Å²) in [6.07, 6.45) is 4.72. The summed E-state index contributed by atoms with van der Waals surface area (Å²) in [5.41, 5.74) is -0.735. The predicted molar refractivity (Wildman–Crippen MR) is 130 cm³/mol. The molecular formula is C25H26F3IO4S. The van der Waals surface area contributed by atoms with Gasteiger partial charge in [-0.2, -0.15) is 21.6 Å². The van der Waals surface area contributed by atoms with Crippen molar-refractivity contribution in [2.45, 2.75) is 44.5 Å². The molecule has 0 aromatic carbocycles. The van der Waals surface area contributed by atoms with Crippen molar-refractivity contribution < 1.29 is 28.8 Å². The molecule has 0 N–H and O–H groups in total. The van der Waals surface area contributed by atoms with Crippen molar-refractivity contribution in [3.8, 4) is 0 Å². The van der Waals surface area contributed by atoms with Crippen LogP contribution in [0.2, 0.25) is 0 Å². The molecule has 9 heteroatoms. The van der Waals surface area contributed by atoms with E-state index in [1.54, 1.807) is 0 Å². The molecule has 34 heavy (non-hydrogen) atoms. The Bertz CT molecular complexity index is 1220. The minimum Gasteiger partial charge on any atom is -0.428 e. The molecule has 0 spiro atoms. The average molecular weight is 606 g/mol. The third-order valence-corrected chi connectivity index (χ3v) is 10.3. The summed E-state index contributed by atoms with van der Waals surface area (Å²) in [7, 11) is -5.81. The summed E-state index contributed by atoms with van der Waals surface area (Å²) >= 11 is 1.82. The third-order valence-electron chi connectivity index (χ3n) is 8.82. The topological polar surface area (TPSA) is 52.6 Å². The lowest BCUT2D eigenvalue weighted by atomic mass is 9.41. The van der Waals surface area contributed by atoms with Crippen molar-refractivity contribution in [2.75, 3.05) is 0 Å². The van der Waals surface area contributed by atoms with E-state index in [4.69, 9.17) is 3.07 Å². The zero-order chi connectivity index (χ0) is 25.0. The standard InChI is InChI=1S/C25H26F3IO4S/c1-11(19-15-6-7-16(8-15)21(19)13(3)32-29)12(2)20-17-9-24(5)10-18(23(17)24)22(20)14(4)33-34(30,31)25(26,27)28/h15-18,23H,1-4,6-10H2,5H3. The molecular weight excluding hydrogens is 580 g/mol. The van der Waals surface area contributed by atoms with Gasteiger partial charge in [0.25, 0.3) is 0 Å². The summed E-state index contributed by atoms with van der Waals surface area (Å²) in [6.45, 7) is 18.5. The maximum atomic E-state index is 13.0. The molecule has 0 saturated heterocycles. The van der Waals surface area contributed by atoms with Gasteiger partial charge >= 0.3 is 15.6 Å². The van der Waals surface area contributed by atoms with Gasteiger partial charge in [-0.3, -0.25) is 0 Å². The molecule has 3 saturated carbocycles. The summed E-state index contributed by atoms with van der Waals surface area (Å²) in [6, 6.07) is 0. The maximum absolute atomic E-state index is 13.0. The Kier molecular flexibility index (Phi) is 5.35. The number of halogens is 4. The first-order valence-electron chi connectivity index (χ1n) is 11.3. The highest BCUT2D eigenvalue weighted by Crippen LogP contribution is 2.76. The van der Waals surface area contributed by atoms with Gasteiger partial charge in [-0.15, -0.1) is 0 Å². The van der Waals surface area contributed by atoms with Crippen LogP contribution in [-0.2, 0) is 17.4 Å². The van der Waals surface area contributed by atoms with Crippen molar-refractivity contribution in [3.05, 3.63) is 71.3 Å². The highest BCUT2D eigenvalue weighted by Gasteiger charge is 2.69. The molecule has 0 amide bonds. The SMILES string of the molecule is C=C(OI)C1=C(C(=C)C(=C)C2=C(C(=C)OS(=O)(=O)C(F)(F)F)C3CC4(C)CC2C34)C2CCC1C2. The second-order valence-electron chi connectivity index (χ2n) is 10.5. The van der Waals surface area contributed by atoms with E-state index >= 15 is 0 Å². The summed E-state index contributed by atoms with van der Waals surface area (Å²) in [5, 5.41) is 0. The fourth-order valence-electron chi connectivity index (χ4n) is 7.57. The van der Waals surface area contributed by atoms with Gasteiger partial charge in [0.1, 0.15) is 11.5 Å². The quantitative estimate of drug-likeness (QED) is 0.0977. The van der Waals surface area contributed by atoms with Crippen molar-refractivity contribution in [1.82, 2.24) is 0 Å². The first kappa shape index (κ1) is 24.2. The Balaban J connectivity index is 1.54.